The fourth-order valence-electron chi connectivity index (χ4n) is 8.57. The van der Waals surface area contributed by atoms with Gasteiger partial charge in [0.1, 0.15) is 12.7 Å². The average Bonchev–Trinajstić information content (AvgIpc) is 3.23. The van der Waals surface area contributed by atoms with E-state index in [2.05, 4.69) is 13.8 Å². The number of aliphatic hydroxyl groups is 1. The first kappa shape index (κ1) is 19.6. The largest absolute Gasteiger partial charge is 0.465 e. The lowest BCUT2D eigenvalue weighted by atomic mass is 9.43. The molecule has 0 bridgehead atoms. The number of carbonyl (C=O) groups is 2. The summed E-state index contributed by atoms with van der Waals surface area (Å²) in [6, 6.07) is 0. The highest BCUT2D eigenvalue weighted by molar-refractivity contribution is 5.85. The predicted octanol–water partition coefficient (Wildman–Crippen LogP) is 3.79. The Morgan fingerprint density at radius 1 is 1.10 bits per heavy atom. The van der Waals surface area contributed by atoms with Crippen molar-refractivity contribution in [3.8, 4) is 0 Å². The monoisotopic (exact) mass is 402 g/mol. The van der Waals surface area contributed by atoms with Crippen LogP contribution in [-0.4, -0.2) is 35.9 Å². The predicted molar refractivity (Wildman–Crippen MR) is 107 cm³/mol. The van der Waals surface area contributed by atoms with Gasteiger partial charge in [-0.15, -0.1) is 0 Å². The van der Waals surface area contributed by atoms with Gasteiger partial charge < -0.3 is 14.6 Å². The second-order valence-electron chi connectivity index (χ2n) is 10.9. The molecule has 8 unspecified atom stereocenters. The van der Waals surface area contributed by atoms with Crippen molar-refractivity contribution < 1.29 is 24.2 Å². The molecule has 5 nitrogen and oxygen atoms in total. The molecule has 0 radical (unpaired) electrons. The second-order valence-corrected chi connectivity index (χ2v) is 10.9. The Hall–Kier alpha value is -1.36. The number of hydrogen-bond donors (Lipinski definition) is 1. The van der Waals surface area contributed by atoms with Crippen LogP contribution in [0.5, 0.6) is 0 Å². The van der Waals surface area contributed by atoms with Crippen LogP contribution >= 0.6 is 0 Å². The van der Waals surface area contributed by atoms with Crippen molar-refractivity contribution in [2.24, 2.45) is 34.5 Å². The summed E-state index contributed by atoms with van der Waals surface area (Å²) < 4.78 is 10.5. The molecular formula is C24H34O5. The van der Waals surface area contributed by atoms with Crippen LogP contribution in [-0.2, 0) is 19.1 Å². The molecule has 5 rings (SSSR count). The maximum Gasteiger partial charge on any atom is 0.331 e. The molecule has 0 aromatic rings. The highest BCUT2D eigenvalue weighted by Gasteiger charge is 2.67. The zero-order valence-corrected chi connectivity index (χ0v) is 17.7. The molecule has 4 fully saturated rings. The van der Waals surface area contributed by atoms with Gasteiger partial charge >= 0.3 is 5.97 Å². The third-order valence-electron chi connectivity index (χ3n) is 10.2. The fraction of sp³-hybridized carbons (Fsp3) is 0.833. The normalized spacial score (nSPS) is 51.3. The van der Waals surface area contributed by atoms with Crippen LogP contribution in [0.15, 0.2) is 11.6 Å². The Labute approximate surface area is 173 Å². The first-order valence-electron chi connectivity index (χ1n) is 11.5. The summed E-state index contributed by atoms with van der Waals surface area (Å²) in [6.07, 6.45) is 10.9. The van der Waals surface area contributed by atoms with Crippen molar-refractivity contribution in [1.29, 1.82) is 0 Å². The van der Waals surface area contributed by atoms with Gasteiger partial charge in [-0.3, -0.25) is 4.79 Å². The smallest absolute Gasteiger partial charge is 0.331 e. The van der Waals surface area contributed by atoms with E-state index in [0.29, 0.717) is 30.8 Å². The molecule has 8 atom stereocenters. The molecule has 1 aliphatic heterocycles. The van der Waals surface area contributed by atoms with Gasteiger partial charge in [-0.05, 0) is 92.4 Å². The van der Waals surface area contributed by atoms with Crippen LogP contribution in [0.1, 0.15) is 71.6 Å². The Bertz CT molecular complexity index is 746. The quantitative estimate of drug-likeness (QED) is 0.574. The summed E-state index contributed by atoms with van der Waals surface area (Å²) in [7, 11) is 0. The van der Waals surface area contributed by atoms with Gasteiger partial charge in [0.2, 0.25) is 0 Å². The lowest BCUT2D eigenvalue weighted by molar-refractivity contribution is -0.209. The molecular weight excluding hydrogens is 368 g/mol. The van der Waals surface area contributed by atoms with E-state index in [-0.39, 0.29) is 28.8 Å². The van der Waals surface area contributed by atoms with Crippen molar-refractivity contribution in [1.82, 2.24) is 0 Å². The maximum atomic E-state index is 12.2. The number of rotatable bonds is 3. The summed E-state index contributed by atoms with van der Waals surface area (Å²) in [5, 5.41) is 12.2. The SMILES string of the molecule is CC12CCC(OC=O)CC1CCC1C2CCC2(C)C(C3=CC(=O)OC3)CCC12O. The summed E-state index contributed by atoms with van der Waals surface area (Å²) in [5.74, 6) is 1.47. The van der Waals surface area contributed by atoms with Crippen LogP contribution in [0.3, 0.4) is 0 Å². The van der Waals surface area contributed by atoms with Gasteiger partial charge in [0.05, 0.1) is 5.60 Å². The molecule has 0 spiro atoms. The number of ether oxygens (including phenoxy) is 2. The van der Waals surface area contributed by atoms with E-state index in [9.17, 15) is 14.7 Å². The van der Waals surface area contributed by atoms with Gasteiger partial charge in [-0.2, -0.15) is 0 Å². The lowest BCUT2D eigenvalue weighted by Crippen LogP contribution is -2.62. The standard InChI is InChI=1S/C24H34O5/c1-22-8-5-17(29-14-25)12-16(22)3-4-20-19(22)6-9-23(2)18(7-10-24(20,23)27)15-11-21(26)28-13-15/h11,14,16-20,27H,3-10,12-13H2,1-2H3. The van der Waals surface area contributed by atoms with Crippen molar-refractivity contribution in [2.75, 3.05) is 6.61 Å². The van der Waals surface area contributed by atoms with Crippen LogP contribution in [0, 0.1) is 34.5 Å². The Morgan fingerprint density at radius 3 is 2.66 bits per heavy atom. The molecule has 1 heterocycles. The minimum absolute atomic E-state index is 0.0711. The molecule has 4 aliphatic carbocycles. The van der Waals surface area contributed by atoms with Crippen molar-refractivity contribution in [3.05, 3.63) is 11.6 Å². The fourth-order valence-corrected chi connectivity index (χ4v) is 8.57. The summed E-state index contributed by atoms with van der Waals surface area (Å²) in [5.41, 5.74) is 0.497. The minimum Gasteiger partial charge on any atom is -0.465 e. The third-order valence-corrected chi connectivity index (χ3v) is 10.2. The number of hydrogen-bond acceptors (Lipinski definition) is 5. The van der Waals surface area contributed by atoms with Crippen LogP contribution in [0.4, 0.5) is 0 Å². The zero-order valence-electron chi connectivity index (χ0n) is 17.7. The first-order valence-corrected chi connectivity index (χ1v) is 11.5. The van der Waals surface area contributed by atoms with Crippen molar-refractivity contribution >= 4 is 12.4 Å². The number of fused-ring (bicyclic) bond motifs is 5. The van der Waals surface area contributed by atoms with E-state index in [0.717, 1.165) is 63.4 Å². The van der Waals surface area contributed by atoms with Crippen molar-refractivity contribution in [3.63, 3.8) is 0 Å². The average molecular weight is 403 g/mol. The highest BCUT2D eigenvalue weighted by atomic mass is 16.5. The maximum absolute atomic E-state index is 12.2. The summed E-state index contributed by atoms with van der Waals surface area (Å²) in [4.78, 5) is 22.5. The molecule has 0 amide bonds. The third kappa shape index (κ3) is 2.62. The Morgan fingerprint density at radius 2 is 1.93 bits per heavy atom. The van der Waals surface area contributed by atoms with E-state index in [4.69, 9.17) is 9.47 Å². The Balaban J connectivity index is 1.42. The topological polar surface area (TPSA) is 72.8 Å². The second kappa shape index (κ2) is 6.57. The van der Waals surface area contributed by atoms with Crippen LogP contribution in [0.25, 0.3) is 0 Å². The number of esters is 1. The van der Waals surface area contributed by atoms with Gasteiger partial charge in [0.15, 0.2) is 0 Å². The van der Waals surface area contributed by atoms with Crippen LogP contribution in [0.2, 0.25) is 0 Å². The van der Waals surface area contributed by atoms with Gasteiger partial charge in [0, 0.05) is 11.5 Å². The van der Waals surface area contributed by atoms with E-state index in [1.165, 1.54) is 0 Å². The van der Waals surface area contributed by atoms with E-state index >= 15 is 0 Å². The van der Waals surface area contributed by atoms with E-state index in [1.807, 2.05) is 0 Å². The number of cyclic esters (lactones) is 1. The van der Waals surface area contributed by atoms with Gasteiger partial charge in [-0.25, -0.2) is 4.79 Å². The lowest BCUT2D eigenvalue weighted by Gasteiger charge is -2.63. The Kier molecular flexibility index (Phi) is 4.44. The van der Waals surface area contributed by atoms with E-state index in [1.54, 1.807) is 6.08 Å². The number of carbonyl (C=O) groups excluding carboxylic acids is 2. The molecule has 5 heteroatoms. The van der Waals surface area contributed by atoms with Crippen molar-refractivity contribution in [2.45, 2.75) is 83.3 Å². The zero-order chi connectivity index (χ0) is 20.4. The molecule has 0 aromatic carbocycles. The molecule has 4 saturated carbocycles. The molecule has 1 N–H and O–H groups in total. The molecule has 0 saturated heterocycles. The molecule has 0 aromatic heterocycles. The molecule has 160 valence electrons. The van der Waals surface area contributed by atoms with Gasteiger partial charge in [0.25, 0.3) is 6.47 Å². The summed E-state index contributed by atoms with van der Waals surface area (Å²) >= 11 is 0. The minimum atomic E-state index is -0.656. The first-order chi connectivity index (χ1) is 13.8. The van der Waals surface area contributed by atoms with Crippen LogP contribution < -0.4 is 0 Å². The molecule has 5 aliphatic rings. The molecule has 29 heavy (non-hydrogen) atoms. The summed E-state index contributed by atoms with van der Waals surface area (Å²) in [6.45, 7) is 5.73. The van der Waals surface area contributed by atoms with Gasteiger partial charge in [-0.1, -0.05) is 13.8 Å². The van der Waals surface area contributed by atoms with E-state index < -0.39 is 5.60 Å². The highest BCUT2D eigenvalue weighted by Crippen LogP contribution is 2.69.